The molecule has 2 atom stereocenters. The molecule has 0 saturated carbocycles. The van der Waals surface area contributed by atoms with Crippen molar-refractivity contribution >= 4 is 0 Å². The standard InChI is InChI=1S/C12H17NO3/c1-8(10(13)7-14)9-3-2-4-11-12(9)16-6-5-15-11/h2-4,8,10,14H,5-7,13H2,1H3. The average molecular weight is 223 g/mol. The van der Waals surface area contributed by atoms with E-state index in [1.54, 1.807) is 0 Å². The molecule has 4 heteroatoms. The number of benzene rings is 1. The van der Waals surface area contributed by atoms with Crippen LogP contribution < -0.4 is 15.2 Å². The number of ether oxygens (including phenoxy) is 2. The van der Waals surface area contributed by atoms with Gasteiger partial charge in [-0.25, -0.2) is 0 Å². The fourth-order valence-electron chi connectivity index (χ4n) is 1.84. The first kappa shape index (κ1) is 11.2. The molecule has 16 heavy (non-hydrogen) atoms. The summed E-state index contributed by atoms with van der Waals surface area (Å²) in [6.07, 6.45) is 0. The molecule has 1 aliphatic heterocycles. The number of rotatable bonds is 3. The molecule has 2 rings (SSSR count). The second kappa shape index (κ2) is 4.72. The van der Waals surface area contributed by atoms with Crippen molar-refractivity contribution in [2.24, 2.45) is 5.73 Å². The zero-order chi connectivity index (χ0) is 11.5. The molecule has 1 aliphatic rings. The van der Waals surface area contributed by atoms with Gasteiger partial charge in [0.1, 0.15) is 13.2 Å². The van der Waals surface area contributed by atoms with Crippen molar-refractivity contribution in [2.75, 3.05) is 19.8 Å². The molecule has 3 N–H and O–H groups in total. The van der Waals surface area contributed by atoms with E-state index in [2.05, 4.69) is 0 Å². The molecule has 1 heterocycles. The third kappa shape index (κ3) is 1.99. The minimum Gasteiger partial charge on any atom is -0.486 e. The normalized spacial score (nSPS) is 17.9. The summed E-state index contributed by atoms with van der Waals surface area (Å²) in [4.78, 5) is 0. The van der Waals surface area contributed by atoms with E-state index in [-0.39, 0.29) is 18.6 Å². The van der Waals surface area contributed by atoms with Crippen molar-refractivity contribution in [3.63, 3.8) is 0 Å². The van der Waals surface area contributed by atoms with Gasteiger partial charge in [-0.2, -0.15) is 0 Å². The highest BCUT2D eigenvalue weighted by Gasteiger charge is 2.22. The fraction of sp³-hybridized carbons (Fsp3) is 0.500. The van der Waals surface area contributed by atoms with E-state index in [4.69, 9.17) is 20.3 Å². The van der Waals surface area contributed by atoms with E-state index in [1.165, 1.54) is 0 Å². The lowest BCUT2D eigenvalue weighted by molar-refractivity contribution is 0.168. The van der Waals surface area contributed by atoms with Crippen LogP contribution in [0.3, 0.4) is 0 Å². The Balaban J connectivity index is 2.33. The molecule has 0 radical (unpaired) electrons. The van der Waals surface area contributed by atoms with Crippen LogP contribution in [-0.4, -0.2) is 31.0 Å². The number of para-hydroxylation sites is 1. The van der Waals surface area contributed by atoms with E-state index in [0.717, 1.165) is 17.1 Å². The summed E-state index contributed by atoms with van der Waals surface area (Å²) in [6, 6.07) is 5.49. The number of hydrogen-bond acceptors (Lipinski definition) is 4. The minimum atomic E-state index is -0.281. The predicted octanol–water partition coefficient (Wildman–Crippen LogP) is 0.881. The Morgan fingerprint density at radius 2 is 2.12 bits per heavy atom. The lowest BCUT2D eigenvalue weighted by Crippen LogP contribution is -2.31. The van der Waals surface area contributed by atoms with Gasteiger partial charge >= 0.3 is 0 Å². The molecular weight excluding hydrogens is 206 g/mol. The van der Waals surface area contributed by atoms with Gasteiger partial charge in [0.25, 0.3) is 0 Å². The van der Waals surface area contributed by atoms with Crippen LogP contribution in [0.5, 0.6) is 11.5 Å². The third-order valence-electron chi connectivity index (χ3n) is 2.94. The summed E-state index contributed by atoms with van der Waals surface area (Å²) in [5.41, 5.74) is 6.83. The Labute approximate surface area is 95.0 Å². The zero-order valence-electron chi connectivity index (χ0n) is 9.35. The van der Waals surface area contributed by atoms with Crippen molar-refractivity contribution in [2.45, 2.75) is 18.9 Å². The highest BCUT2D eigenvalue weighted by atomic mass is 16.6. The molecule has 1 aromatic rings. The van der Waals surface area contributed by atoms with Gasteiger partial charge < -0.3 is 20.3 Å². The highest BCUT2D eigenvalue weighted by molar-refractivity contribution is 5.49. The van der Waals surface area contributed by atoms with Crippen LogP contribution in [0.1, 0.15) is 18.4 Å². The maximum atomic E-state index is 9.07. The molecule has 88 valence electrons. The van der Waals surface area contributed by atoms with E-state index in [1.807, 2.05) is 25.1 Å². The first-order valence-electron chi connectivity index (χ1n) is 5.49. The summed E-state index contributed by atoms with van der Waals surface area (Å²) < 4.78 is 11.1. The van der Waals surface area contributed by atoms with E-state index in [9.17, 15) is 0 Å². The summed E-state index contributed by atoms with van der Waals surface area (Å²) in [5.74, 6) is 1.58. The van der Waals surface area contributed by atoms with E-state index in [0.29, 0.717) is 13.2 Å². The Kier molecular flexibility index (Phi) is 3.31. The van der Waals surface area contributed by atoms with Gasteiger partial charge in [0, 0.05) is 17.5 Å². The molecule has 2 unspecified atom stereocenters. The van der Waals surface area contributed by atoms with Crippen molar-refractivity contribution in [1.82, 2.24) is 0 Å². The lowest BCUT2D eigenvalue weighted by atomic mass is 9.93. The highest BCUT2D eigenvalue weighted by Crippen LogP contribution is 2.38. The monoisotopic (exact) mass is 223 g/mol. The molecule has 0 saturated heterocycles. The van der Waals surface area contributed by atoms with Gasteiger partial charge in [-0.1, -0.05) is 19.1 Å². The number of aliphatic hydroxyl groups is 1. The number of nitrogens with two attached hydrogens (primary N) is 1. The quantitative estimate of drug-likeness (QED) is 0.798. The molecule has 1 aromatic carbocycles. The Bertz CT molecular complexity index is 367. The topological polar surface area (TPSA) is 64.7 Å². The summed E-state index contributed by atoms with van der Waals surface area (Å²) in [5, 5.41) is 9.07. The van der Waals surface area contributed by atoms with Gasteiger partial charge in [-0.3, -0.25) is 0 Å². The van der Waals surface area contributed by atoms with Gasteiger partial charge in [0.15, 0.2) is 11.5 Å². The van der Waals surface area contributed by atoms with Crippen LogP contribution in [0.2, 0.25) is 0 Å². The number of fused-ring (bicyclic) bond motifs is 1. The number of aliphatic hydroxyl groups excluding tert-OH is 1. The number of hydrogen-bond donors (Lipinski definition) is 2. The molecule has 0 amide bonds. The molecule has 0 spiro atoms. The molecule has 4 nitrogen and oxygen atoms in total. The van der Waals surface area contributed by atoms with Gasteiger partial charge in [-0.05, 0) is 6.07 Å². The maximum Gasteiger partial charge on any atom is 0.164 e. The predicted molar refractivity (Wildman–Crippen MR) is 60.9 cm³/mol. The molecule has 0 bridgehead atoms. The smallest absolute Gasteiger partial charge is 0.164 e. The van der Waals surface area contributed by atoms with E-state index < -0.39 is 0 Å². The second-order valence-corrected chi connectivity index (χ2v) is 4.01. The summed E-state index contributed by atoms with van der Waals surface area (Å²) in [6.45, 7) is 3.09. The van der Waals surface area contributed by atoms with Crippen LogP contribution in [0.4, 0.5) is 0 Å². The van der Waals surface area contributed by atoms with Crippen molar-refractivity contribution in [1.29, 1.82) is 0 Å². The van der Waals surface area contributed by atoms with Crippen LogP contribution in [0.25, 0.3) is 0 Å². The summed E-state index contributed by atoms with van der Waals surface area (Å²) in [7, 11) is 0. The van der Waals surface area contributed by atoms with Gasteiger partial charge in [0.2, 0.25) is 0 Å². The van der Waals surface area contributed by atoms with Crippen LogP contribution in [0, 0.1) is 0 Å². The fourth-order valence-corrected chi connectivity index (χ4v) is 1.84. The Hall–Kier alpha value is -1.26. The third-order valence-corrected chi connectivity index (χ3v) is 2.94. The van der Waals surface area contributed by atoms with Crippen LogP contribution in [0.15, 0.2) is 18.2 Å². The van der Waals surface area contributed by atoms with Crippen molar-refractivity contribution in [3.05, 3.63) is 23.8 Å². The van der Waals surface area contributed by atoms with E-state index >= 15 is 0 Å². The first-order valence-corrected chi connectivity index (χ1v) is 5.49. The first-order chi connectivity index (χ1) is 7.74. The van der Waals surface area contributed by atoms with Crippen molar-refractivity contribution in [3.8, 4) is 11.5 Å². The lowest BCUT2D eigenvalue weighted by Gasteiger charge is -2.25. The van der Waals surface area contributed by atoms with Crippen molar-refractivity contribution < 1.29 is 14.6 Å². The minimum absolute atomic E-state index is 0.0360. The maximum absolute atomic E-state index is 9.07. The largest absolute Gasteiger partial charge is 0.486 e. The summed E-state index contributed by atoms with van der Waals surface area (Å²) >= 11 is 0. The van der Waals surface area contributed by atoms with Crippen LogP contribution in [-0.2, 0) is 0 Å². The molecule has 0 fully saturated rings. The van der Waals surface area contributed by atoms with Gasteiger partial charge in [0.05, 0.1) is 6.61 Å². The van der Waals surface area contributed by atoms with Gasteiger partial charge in [-0.15, -0.1) is 0 Å². The molecule has 0 aromatic heterocycles. The molecule has 0 aliphatic carbocycles. The average Bonchev–Trinajstić information content (AvgIpc) is 2.36. The Morgan fingerprint density at radius 1 is 1.38 bits per heavy atom. The molecular formula is C12H17NO3. The zero-order valence-corrected chi connectivity index (χ0v) is 9.35. The Morgan fingerprint density at radius 3 is 2.88 bits per heavy atom. The van der Waals surface area contributed by atoms with Crippen LogP contribution >= 0.6 is 0 Å². The second-order valence-electron chi connectivity index (χ2n) is 4.01. The SMILES string of the molecule is CC(c1cccc2c1OCCO2)C(N)CO.